The summed E-state index contributed by atoms with van der Waals surface area (Å²) >= 11 is 0. The van der Waals surface area contributed by atoms with Gasteiger partial charge in [0.1, 0.15) is 11.5 Å². The van der Waals surface area contributed by atoms with Crippen LogP contribution in [0.4, 0.5) is 0 Å². The third-order valence-corrected chi connectivity index (χ3v) is 4.11. The van der Waals surface area contributed by atoms with E-state index in [1.807, 2.05) is 24.3 Å². The lowest BCUT2D eigenvalue weighted by Crippen LogP contribution is -2.08. The van der Waals surface area contributed by atoms with Crippen LogP contribution >= 0.6 is 0 Å². The molecule has 23 heavy (non-hydrogen) atoms. The molecule has 0 aliphatic rings. The van der Waals surface area contributed by atoms with Crippen molar-refractivity contribution in [3.63, 3.8) is 0 Å². The molecule has 0 unspecified atom stereocenters. The minimum absolute atomic E-state index is 0.250. The second-order valence-corrected chi connectivity index (χ2v) is 5.95. The van der Waals surface area contributed by atoms with Gasteiger partial charge < -0.3 is 14.9 Å². The van der Waals surface area contributed by atoms with E-state index in [1.54, 1.807) is 19.2 Å². The van der Waals surface area contributed by atoms with E-state index >= 15 is 0 Å². The van der Waals surface area contributed by atoms with Gasteiger partial charge in [0.05, 0.1) is 13.2 Å². The van der Waals surface area contributed by atoms with E-state index in [9.17, 15) is 10.2 Å². The van der Waals surface area contributed by atoms with Crippen LogP contribution in [-0.4, -0.2) is 23.4 Å². The Bertz CT molecular complexity index is 560. The van der Waals surface area contributed by atoms with E-state index in [2.05, 4.69) is 12.1 Å². The predicted molar refractivity (Wildman–Crippen MR) is 93.0 cm³/mol. The van der Waals surface area contributed by atoms with Crippen LogP contribution in [0.5, 0.6) is 11.5 Å². The van der Waals surface area contributed by atoms with Crippen LogP contribution in [0.25, 0.3) is 0 Å². The van der Waals surface area contributed by atoms with Gasteiger partial charge in [-0.25, -0.2) is 0 Å². The van der Waals surface area contributed by atoms with Gasteiger partial charge in [-0.1, -0.05) is 30.7 Å². The van der Waals surface area contributed by atoms with Crippen molar-refractivity contribution >= 4 is 0 Å². The third-order valence-electron chi connectivity index (χ3n) is 4.11. The summed E-state index contributed by atoms with van der Waals surface area (Å²) in [6.07, 6.45) is 5.36. The Balaban J connectivity index is 1.60. The fourth-order valence-electron chi connectivity index (χ4n) is 2.64. The van der Waals surface area contributed by atoms with Gasteiger partial charge in [0.25, 0.3) is 0 Å². The van der Waals surface area contributed by atoms with Crippen molar-refractivity contribution in [3.05, 3.63) is 59.7 Å². The quantitative estimate of drug-likeness (QED) is 0.685. The Morgan fingerprint density at radius 1 is 0.826 bits per heavy atom. The molecule has 0 fully saturated rings. The van der Waals surface area contributed by atoms with Crippen LogP contribution in [0.2, 0.25) is 0 Å². The topological polar surface area (TPSA) is 49.7 Å². The third kappa shape index (κ3) is 6.33. The summed E-state index contributed by atoms with van der Waals surface area (Å²) in [4.78, 5) is 0. The zero-order valence-electron chi connectivity index (χ0n) is 13.7. The SMILES string of the molecule is COc1ccc(CCCC[C@@H](O)CCc2ccc(O)cc2)cc1. The van der Waals surface area contributed by atoms with Crippen molar-refractivity contribution in [2.24, 2.45) is 0 Å². The summed E-state index contributed by atoms with van der Waals surface area (Å²) in [5.74, 6) is 1.17. The lowest BCUT2D eigenvalue weighted by atomic mass is 10.0. The number of aliphatic hydroxyl groups is 1. The summed E-state index contributed by atoms with van der Waals surface area (Å²) < 4.78 is 5.15. The van der Waals surface area contributed by atoms with Gasteiger partial charge in [-0.15, -0.1) is 0 Å². The molecule has 0 aliphatic carbocycles. The van der Waals surface area contributed by atoms with Gasteiger partial charge in [-0.05, 0) is 67.5 Å². The number of unbranched alkanes of at least 4 members (excludes halogenated alkanes) is 1. The Kier molecular flexibility index (Phi) is 6.95. The van der Waals surface area contributed by atoms with E-state index < -0.39 is 0 Å². The first kappa shape index (κ1) is 17.4. The molecule has 0 amide bonds. The van der Waals surface area contributed by atoms with Crippen LogP contribution in [0.15, 0.2) is 48.5 Å². The van der Waals surface area contributed by atoms with Gasteiger partial charge in [0.15, 0.2) is 0 Å². The van der Waals surface area contributed by atoms with Crippen LogP contribution < -0.4 is 4.74 Å². The molecule has 1 atom stereocenters. The molecule has 0 aliphatic heterocycles. The number of hydrogen-bond donors (Lipinski definition) is 2. The largest absolute Gasteiger partial charge is 0.508 e. The second-order valence-electron chi connectivity index (χ2n) is 5.95. The van der Waals surface area contributed by atoms with Crippen molar-refractivity contribution in [2.75, 3.05) is 7.11 Å². The first-order valence-corrected chi connectivity index (χ1v) is 8.26. The molecular weight excluding hydrogens is 288 g/mol. The number of rotatable bonds is 9. The highest BCUT2D eigenvalue weighted by molar-refractivity contribution is 5.27. The van der Waals surface area contributed by atoms with Gasteiger partial charge in [-0.2, -0.15) is 0 Å². The number of benzene rings is 2. The van der Waals surface area contributed by atoms with Crippen molar-refractivity contribution in [1.82, 2.24) is 0 Å². The van der Waals surface area contributed by atoms with Gasteiger partial charge in [-0.3, -0.25) is 0 Å². The van der Waals surface area contributed by atoms with E-state index in [-0.39, 0.29) is 11.9 Å². The zero-order valence-corrected chi connectivity index (χ0v) is 13.7. The fraction of sp³-hybridized carbons (Fsp3) is 0.400. The number of hydrogen-bond acceptors (Lipinski definition) is 3. The summed E-state index contributed by atoms with van der Waals surface area (Å²) in [6, 6.07) is 15.4. The van der Waals surface area contributed by atoms with E-state index in [0.29, 0.717) is 0 Å². The van der Waals surface area contributed by atoms with Gasteiger partial charge in [0.2, 0.25) is 0 Å². The summed E-state index contributed by atoms with van der Waals surface area (Å²) in [6.45, 7) is 0. The molecule has 2 aromatic carbocycles. The number of phenols is 1. The Morgan fingerprint density at radius 3 is 2.09 bits per heavy atom. The number of methoxy groups -OCH3 is 1. The first-order valence-electron chi connectivity index (χ1n) is 8.26. The number of ether oxygens (including phenoxy) is 1. The minimum Gasteiger partial charge on any atom is -0.508 e. The molecule has 0 radical (unpaired) electrons. The number of aryl methyl sites for hydroxylation is 2. The van der Waals surface area contributed by atoms with Gasteiger partial charge in [0, 0.05) is 0 Å². The van der Waals surface area contributed by atoms with Crippen molar-refractivity contribution in [3.8, 4) is 11.5 Å². The van der Waals surface area contributed by atoms with Crippen molar-refractivity contribution in [2.45, 2.75) is 44.6 Å². The molecule has 0 aromatic heterocycles. The van der Waals surface area contributed by atoms with Crippen LogP contribution in [0.3, 0.4) is 0 Å². The Hall–Kier alpha value is -2.00. The number of aliphatic hydroxyl groups excluding tert-OH is 1. The zero-order chi connectivity index (χ0) is 16.5. The van der Waals surface area contributed by atoms with Crippen LogP contribution in [0.1, 0.15) is 36.8 Å². The smallest absolute Gasteiger partial charge is 0.118 e. The molecule has 3 heteroatoms. The maximum atomic E-state index is 10.1. The summed E-state index contributed by atoms with van der Waals surface area (Å²) in [5.41, 5.74) is 2.46. The lowest BCUT2D eigenvalue weighted by molar-refractivity contribution is 0.151. The maximum Gasteiger partial charge on any atom is 0.118 e. The Labute approximate surface area is 138 Å². The molecule has 3 nitrogen and oxygen atoms in total. The van der Waals surface area contributed by atoms with Crippen molar-refractivity contribution in [1.29, 1.82) is 0 Å². The molecule has 0 saturated carbocycles. The highest BCUT2D eigenvalue weighted by Gasteiger charge is 2.05. The molecule has 0 heterocycles. The van der Waals surface area contributed by atoms with Crippen molar-refractivity contribution < 1.29 is 14.9 Å². The average Bonchev–Trinajstić information content (AvgIpc) is 2.59. The minimum atomic E-state index is -0.250. The molecule has 0 saturated heterocycles. The molecule has 124 valence electrons. The van der Waals surface area contributed by atoms with E-state index in [4.69, 9.17) is 4.74 Å². The number of aromatic hydroxyl groups is 1. The van der Waals surface area contributed by atoms with E-state index in [0.717, 1.165) is 49.8 Å². The summed E-state index contributed by atoms with van der Waals surface area (Å²) in [5, 5.41) is 19.3. The number of phenolic OH excluding ortho intramolecular Hbond substituents is 1. The molecular formula is C20H26O3. The Morgan fingerprint density at radius 2 is 1.43 bits per heavy atom. The molecule has 2 aromatic rings. The first-order chi connectivity index (χ1) is 11.2. The lowest BCUT2D eigenvalue weighted by Gasteiger charge is -2.10. The van der Waals surface area contributed by atoms with E-state index in [1.165, 1.54) is 5.56 Å². The average molecular weight is 314 g/mol. The predicted octanol–water partition coefficient (Wildman–Crippen LogP) is 4.11. The highest BCUT2D eigenvalue weighted by Crippen LogP contribution is 2.16. The molecule has 2 rings (SSSR count). The monoisotopic (exact) mass is 314 g/mol. The van der Waals surface area contributed by atoms with Gasteiger partial charge >= 0.3 is 0 Å². The van der Waals surface area contributed by atoms with Crippen LogP contribution in [-0.2, 0) is 12.8 Å². The molecule has 0 bridgehead atoms. The normalized spacial score (nSPS) is 12.1. The maximum absolute atomic E-state index is 10.1. The second kappa shape index (κ2) is 9.21. The fourth-order valence-corrected chi connectivity index (χ4v) is 2.64. The molecule has 2 N–H and O–H groups in total. The summed E-state index contributed by atoms with van der Waals surface area (Å²) in [7, 11) is 1.68. The van der Waals surface area contributed by atoms with Crippen LogP contribution in [0, 0.1) is 0 Å². The molecule has 0 spiro atoms. The standard InChI is InChI=1S/C20H26O3/c1-23-20-14-9-16(10-15-20)4-2-3-5-18(21)11-6-17-7-12-19(22)13-8-17/h7-10,12-15,18,21-22H,2-6,11H2,1H3/t18-/m1/s1. The highest BCUT2D eigenvalue weighted by atomic mass is 16.5.